The van der Waals surface area contributed by atoms with Gasteiger partial charge in [-0.05, 0) is 13.0 Å². The summed E-state index contributed by atoms with van der Waals surface area (Å²) >= 11 is 1.48. The Morgan fingerprint density at radius 2 is 2.14 bits per heavy atom. The number of thioether (sulfide) groups is 1. The second-order valence-corrected chi connectivity index (χ2v) is 5.62. The molecule has 21 heavy (non-hydrogen) atoms. The molecule has 0 bridgehead atoms. The molecule has 1 aromatic carbocycles. The first-order valence-corrected chi connectivity index (χ1v) is 7.44. The van der Waals surface area contributed by atoms with Crippen LogP contribution in [-0.4, -0.2) is 25.3 Å². The number of rotatable bonds is 3. The fourth-order valence-electron chi connectivity index (χ4n) is 2.19. The molecule has 0 saturated heterocycles. The molecule has 0 aliphatic carbocycles. The van der Waals surface area contributed by atoms with Crippen molar-refractivity contribution < 1.29 is 4.52 Å². The minimum absolute atomic E-state index is 0.620. The van der Waals surface area contributed by atoms with E-state index >= 15 is 0 Å². The quantitative estimate of drug-likeness (QED) is 0.585. The van der Waals surface area contributed by atoms with Crippen LogP contribution in [-0.2, 0) is 5.75 Å². The molecular formula is C14H11N5OS. The molecule has 0 atom stereocenters. The Morgan fingerprint density at radius 1 is 1.24 bits per heavy atom. The van der Waals surface area contributed by atoms with Crippen LogP contribution in [0.15, 0.2) is 40.0 Å². The van der Waals surface area contributed by atoms with Gasteiger partial charge in [0.2, 0.25) is 5.16 Å². The Kier molecular flexibility index (Phi) is 2.85. The van der Waals surface area contributed by atoms with E-state index in [1.54, 1.807) is 0 Å². The molecule has 4 aromatic rings. The van der Waals surface area contributed by atoms with Gasteiger partial charge in [-0.25, -0.2) is 4.98 Å². The predicted molar refractivity (Wildman–Crippen MR) is 80.0 cm³/mol. The fourth-order valence-corrected chi connectivity index (χ4v) is 2.86. The molecule has 1 N–H and O–H groups in total. The molecule has 0 fully saturated rings. The smallest absolute Gasteiger partial charge is 0.211 e. The molecule has 0 aliphatic rings. The molecule has 6 nitrogen and oxygen atoms in total. The lowest BCUT2D eigenvalue weighted by Crippen LogP contribution is -1.92. The standard InChI is InChI=1S/C14H11N5OS/c1-8-6-9(19-20-8)7-21-14-16-13-12(17-18-14)10-4-2-3-5-11(10)15-13/h2-6H,7H2,1H3,(H,15,16,18). The van der Waals surface area contributed by atoms with Gasteiger partial charge in [0.05, 0.1) is 5.69 Å². The van der Waals surface area contributed by atoms with Crippen LogP contribution in [0.25, 0.3) is 22.1 Å². The Hall–Kier alpha value is -2.41. The number of hydrogen-bond donors (Lipinski definition) is 1. The molecule has 0 aliphatic heterocycles. The highest BCUT2D eigenvalue weighted by molar-refractivity contribution is 7.98. The molecule has 0 radical (unpaired) electrons. The molecule has 0 unspecified atom stereocenters. The average molecular weight is 297 g/mol. The van der Waals surface area contributed by atoms with Crippen molar-refractivity contribution in [3.8, 4) is 0 Å². The maximum atomic E-state index is 5.04. The maximum absolute atomic E-state index is 5.04. The van der Waals surface area contributed by atoms with Crippen molar-refractivity contribution in [3.05, 3.63) is 41.8 Å². The Bertz CT molecular complexity index is 929. The molecule has 104 valence electrons. The first kappa shape index (κ1) is 12.3. The van der Waals surface area contributed by atoms with Crippen LogP contribution in [0.5, 0.6) is 0 Å². The van der Waals surface area contributed by atoms with Crippen LogP contribution < -0.4 is 0 Å². The second kappa shape index (κ2) is 4.85. The van der Waals surface area contributed by atoms with Gasteiger partial charge in [-0.3, -0.25) is 0 Å². The number of fused-ring (bicyclic) bond motifs is 3. The van der Waals surface area contributed by atoms with Crippen molar-refractivity contribution in [2.45, 2.75) is 17.8 Å². The average Bonchev–Trinajstić information content (AvgIpc) is 3.07. The minimum Gasteiger partial charge on any atom is -0.361 e. The predicted octanol–water partition coefficient (Wildman–Crippen LogP) is 3.09. The van der Waals surface area contributed by atoms with Crippen molar-refractivity contribution in [3.63, 3.8) is 0 Å². The second-order valence-electron chi connectivity index (χ2n) is 4.68. The summed E-state index contributed by atoms with van der Waals surface area (Å²) < 4.78 is 5.04. The van der Waals surface area contributed by atoms with Gasteiger partial charge >= 0.3 is 0 Å². The van der Waals surface area contributed by atoms with Gasteiger partial charge in [-0.2, -0.15) is 0 Å². The summed E-state index contributed by atoms with van der Waals surface area (Å²) in [6.07, 6.45) is 0. The number of hydrogen-bond acceptors (Lipinski definition) is 6. The van der Waals surface area contributed by atoms with Gasteiger partial charge in [-0.15, -0.1) is 10.2 Å². The summed E-state index contributed by atoms with van der Waals surface area (Å²) in [7, 11) is 0. The number of aryl methyl sites for hydroxylation is 1. The summed E-state index contributed by atoms with van der Waals surface area (Å²) in [6, 6.07) is 9.88. The van der Waals surface area contributed by atoms with Crippen LogP contribution in [0, 0.1) is 6.92 Å². The van der Waals surface area contributed by atoms with E-state index in [0.717, 1.165) is 33.5 Å². The fraction of sp³-hybridized carbons (Fsp3) is 0.143. The van der Waals surface area contributed by atoms with E-state index in [9.17, 15) is 0 Å². The van der Waals surface area contributed by atoms with Crippen LogP contribution in [0.1, 0.15) is 11.5 Å². The number of aromatic nitrogens is 5. The highest BCUT2D eigenvalue weighted by Crippen LogP contribution is 2.24. The van der Waals surface area contributed by atoms with E-state index in [1.165, 1.54) is 11.8 Å². The van der Waals surface area contributed by atoms with Gasteiger partial charge in [-0.1, -0.05) is 35.1 Å². The molecular weight excluding hydrogens is 286 g/mol. The summed E-state index contributed by atoms with van der Waals surface area (Å²) in [4.78, 5) is 7.77. The number of benzene rings is 1. The van der Waals surface area contributed by atoms with Crippen molar-refractivity contribution in [1.29, 1.82) is 0 Å². The molecule has 0 spiro atoms. The van der Waals surface area contributed by atoms with Crippen LogP contribution in [0.2, 0.25) is 0 Å². The van der Waals surface area contributed by atoms with Gasteiger partial charge in [0.25, 0.3) is 0 Å². The zero-order valence-electron chi connectivity index (χ0n) is 11.2. The third kappa shape index (κ3) is 2.25. The van der Waals surface area contributed by atoms with E-state index in [-0.39, 0.29) is 0 Å². The largest absolute Gasteiger partial charge is 0.361 e. The summed E-state index contributed by atoms with van der Waals surface area (Å²) in [5.74, 6) is 1.46. The summed E-state index contributed by atoms with van der Waals surface area (Å²) in [5.41, 5.74) is 3.44. The lowest BCUT2D eigenvalue weighted by molar-refractivity contribution is 0.393. The first-order valence-electron chi connectivity index (χ1n) is 6.46. The summed E-state index contributed by atoms with van der Waals surface area (Å²) in [5, 5.41) is 14.1. The Balaban J connectivity index is 1.65. The monoisotopic (exact) mass is 297 g/mol. The topological polar surface area (TPSA) is 80.5 Å². The number of nitrogens with zero attached hydrogens (tertiary/aromatic N) is 4. The third-order valence-electron chi connectivity index (χ3n) is 3.13. The first-order chi connectivity index (χ1) is 10.3. The van der Waals surface area contributed by atoms with Crippen LogP contribution >= 0.6 is 11.8 Å². The van der Waals surface area contributed by atoms with Crippen molar-refractivity contribution >= 4 is 33.8 Å². The number of para-hydroxylation sites is 1. The molecule has 3 heterocycles. The molecule has 0 saturated carbocycles. The van der Waals surface area contributed by atoms with Gasteiger partial charge in [0, 0.05) is 22.7 Å². The minimum atomic E-state index is 0.620. The number of nitrogens with one attached hydrogen (secondary N) is 1. The SMILES string of the molecule is Cc1cc(CSc2nnc3c(n2)[nH]c2ccccc23)no1. The zero-order chi connectivity index (χ0) is 14.2. The van der Waals surface area contributed by atoms with E-state index in [0.29, 0.717) is 10.9 Å². The van der Waals surface area contributed by atoms with Crippen molar-refractivity contribution in [2.75, 3.05) is 0 Å². The van der Waals surface area contributed by atoms with Crippen LogP contribution in [0.3, 0.4) is 0 Å². The van der Waals surface area contributed by atoms with Crippen LogP contribution in [0.4, 0.5) is 0 Å². The Morgan fingerprint density at radius 3 is 3.00 bits per heavy atom. The van der Waals surface area contributed by atoms with E-state index in [4.69, 9.17) is 4.52 Å². The van der Waals surface area contributed by atoms with Crippen molar-refractivity contribution in [2.24, 2.45) is 0 Å². The number of aromatic amines is 1. The highest BCUT2D eigenvalue weighted by Gasteiger charge is 2.09. The summed E-state index contributed by atoms with van der Waals surface area (Å²) in [6.45, 7) is 1.87. The van der Waals surface area contributed by atoms with Gasteiger partial charge < -0.3 is 9.51 Å². The van der Waals surface area contributed by atoms with E-state index < -0.39 is 0 Å². The molecule has 0 amide bonds. The Labute approximate surface area is 124 Å². The molecule has 4 rings (SSSR count). The molecule has 7 heteroatoms. The third-order valence-corrected chi connectivity index (χ3v) is 4.00. The normalized spacial score (nSPS) is 11.5. The lowest BCUT2D eigenvalue weighted by Gasteiger charge is -1.96. The number of H-pyrrole nitrogens is 1. The van der Waals surface area contributed by atoms with E-state index in [2.05, 4.69) is 25.3 Å². The van der Waals surface area contributed by atoms with Crippen molar-refractivity contribution in [1.82, 2.24) is 25.3 Å². The zero-order valence-corrected chi connectivity index (χ0v) is 12.0. The van der Waals surface area contributed by atoms with E-state index in [1.807, 2.05) is 37.3 Å². The lowest BCUT2D eigenvalue weighted by atomic mass is 10.2. The van der Waals surface area contributed by atoms with Gasteiger partial charge in [0.1, 0.15) is 11.3 Å². The molecule has 3 aromatic heterocycles. The highest BCUT2D eigenvalue weighted by atomic mass is 32.2. The maximum Gasteiger partial charge on any atom is 0.211 e. The van der Waals surface area contributed by atoms with Gasteiger partial charge in [0.15, 0.2) is 5.65 Å².